The number of benzene rings is 1. The summed E-state index contributed by atoms with van der Waals surface area (Å²) in [4.78, 5) is 0. The summed E-state index contributed by atoms with van der Waals surface area (Å²) in [6.45, 7) is 3.41. The maximum atomic E-state index is 12.4. The molecule has 0 radical (unpaired) electrons. The van der Waals surface area contributed by atoms with Gasteiger partial charge in [0.1, 0.15) is 17.5 Å². The van der Waals surface area contributed by atoms with Gasteiger partial charge in [0.25, 0.3) is 0 Å². The highest BCUT2D eigenvalue weighted by molar-refractivity contribution is 5.18. The van der Waals surface area contributed by atoms with Crippen LogP contribution in [0.4, 0.5) is 17.6 Å². The molecule has 0 unspecified atom stereocenters. The van der Waals surface area contributed by atoms with Gasteiger partial charge in [-0.15, -0.1) is 0 Å². The molecule has 138 valence electrons. The van der Waals surface area contributed by atoms with Crippen molar-refractivity contribution < 1.29 is 17.6 Å². The second-order valence-corrected chi connectivity index (χ2v) is 6.85. The third kappa shape index (κ3) is 7.67. The fourth-order valence-electron chi connectivity index (χ4n) is 3.26. The van der Waals surface area contributed by atoms with E-state index in [1.54, 1.807) is 0 Å². The van der Waals surface area contributed by atoms with Crippen molar-refractivity contribution in [1.82, 2.24) is 0 Å². The minimum atomic E-state index is -0.888. The van der Waals surface area contributed by atoms with Crippen LogP contribution in [-0.4, -0.2) is 6.67 Å². The van der Waals surface area contributed by atoms with Gasteiger partial charge in [-0.05, 0) is 25.2 Å². The van der Waals surface area contributed by atoms with Gasteiger partial charge in [-0.3, -0.25) is 4.39 Å². The number of hydrogen-bond acceptors (Lipinski definition) is 0. The van der Waals surface area contributed by atoms with Crippen LogP contribution in [0.25, 0.3) is 0 Å². The van der Waals surface area contributed by atoms with E-state index >= 15 is 0 Å². The molecule has 0 saturated heterocycles. The van der Waals surface area contributed by atoms with E-state index in [1.165, 1.54) is 58.3 Å². The van der Waals surface area contributed by atoms with Crippen LogP contribution < -0.4 is 0 Å². The molecule has 0 heterocycles. The van der Waals surface area contributed by atoms with Crippen LogP contribution in [0.5, 0.6) is 0 Å². The Morgan fingerprint density at radius 2 is 1.38 bits per heavy atom. The molecule has 0 N–H and O–H groups in total. The van der Waals surface area contributed by atoms with Gasteiger partial charge < -0.3 is 0 Å². The Bertz CT molecular complexity index is 442. The van der Waals surface area contributed by atoms with E-state index in [4.69, 9.17) is 0 Å². The molecule has 0 bridgehead atoms. The van der Waals surface area contributed by atoms with Crippen molar-refractivity contribution in [3.8, 4) is 0 Å². The van der Waals surface area contributed by atoms with E-state index in [9.17, 15) is 17.6 Å². The Hall–Kier alpha value is -1.06. The van der Waals surface area contributed by atoms with E-state index in [0.717, 1.165) is 12.3 Å². The van der Waals surface area contributed by atoms with Crippen molar-refractivity contribution in [1.29, 1.82) is 0 Å². The zero-order valence-corrected chi connectivity index (χ0v) is 14.9. The summed E-state index contributed by atoms with van der Waals surface area (Å²) in [5.74, 6) is -0.907. The van der Waals surface area contributed by atoms with E-state index in [0.29, 0.717) is 18.1 Å². The van der Waals surface area contributed by atoms with E-state index in [2.05, 4.69) is 6.92 Å². The highest BCUT2D eigenvalue weighted by Crippen LogP contribution is 2.33. The summed E-state index contributed by atoms with van der Waals surface area (Å²) in [6.07, 6.45) is 11.7. The van der Waals surface area contributed by atoms with Crippen LogP contribution in [0.2, 0.25) is 0 Å². The Morgan fingerprint density at radius 1 is 0.875 bits per heavy atom. The summed E-state index contributed by atoms with van der Waals surface area (Å²) < 4.78 is 49.0. The molecule has 1 fully saturated rings. The number of alkyl halides is 1. The maximum Gasteiger partial charge on any atom is 0.131 e. The quantitative estimate of drug-likeness (QED) is 0.379. The second-order valence-electron chi connectivity index (χ2n) is 6.85. The standard InChI is InChI=1S/C13H25F.C7H5F3/c1-2-3-4-5-12-6-8-13(9-7-12)10-11-14;1-4-6(9)2-5(8)3-7(4)10/h12-13H,2-11H2,1H3;2-3H,1H3. The highest BCUT2D eigenvalue weighted by Gasteiger charge is 2.20. The molecule has 1 aliphatic rings. The van der Waals surface area contributed by atoms with Crippen LogP contribution in [-0.2, 0) is 0 Å². The Morgan fingerprint density at radius 3 is 1.83 bits per heavy atom. The fourth-order valence-corrected chi connectivity index (χ4v) is 3.26. The molecule has 0 nitrogen and oxygen atoms in total. The van der Waals surface area contributed by atoms with Gasteiger partial charge >= 0.3 is 0 Å². The van der Waals surface area contributed by atoms with Crippen molar-refractivity contribution in [3.05, 3.63) is 35.1 Å². The first-order valence-electron chi connectivity index (χ1n) is 9.15. The molecule has 0 aromatic heterocycles. The molecule has 1 aromatic rings. The summed E-state index contributed by atoms with van der Waals surface area (Å²) in [5.41, 5.74) is -0.151. The van der Waals surface area contributed by atoms with Crippen LogP contribution in [0.15, 0.2) is 12.1 Å². The highest BCUT2D eigenvalue weighted by atomic mass is 19.1. The lowest BCUT2D eigenvalue weighted by Crippen LogP contribution is -2.15. The normalized spacial score (nSPS) is 20.4. The van der Waals surface area contributed by atoms with Gasteiger partial charge in [-0.25, -0.2) is 13.2 Å². The first-order chi connectivity index (χ1) is 11.5. The first-order valence-corrected chi connectivity index (χ1v) is 9.15. The number of rotatable bonds is 6. The molecule has 0 atom stereocenters. The van der Waals surface area contributed by atoms with E-state index < -0.39 is 17.5 Å². The monoisotopic (exact) mass is 346 g/mol. The van der Waals surface area contributed by atoms with Gasteiger partial charge in [-0.1, -0.05) is 58.3 Å². The molecule has 1 saturated carbocycles. The van der Waals surface area contributed by atoms with Crippen LogP contribution in [0.1, 0.15) is 70.3 Å². The van der Waals surface area contributed by atoms with Crippen molar-refractivity contribution in [2.75, 3.05) is 6.67 Å². The smallest absolute Gasteiger partial charge is 0.131 e. The summed E-state index contributed by atoms with van der Waals surface area (Å²) in [5, 5.41) is 0. The molecule has 1 aromatic carbocycles. The minimum Gasteiger partial charge on any atom is -0.251 e. The zero-order valence-electron chi connectivity index (χ0n) is 14.9. The predicted molar refractivity (Wildman–Crippen MR) is 91.2 cm³/mol. The molecule has 0 spiro atoms. The van der Waals surface area contributed by atoms with Gasteiger partial charge in [0.05, 0.1) is 6.67 Å². The summed E-state index contributed by atoms with van der Waals surface area (Å²) in [6, 6.07) is 1.30. The molecular formula is C20H30F4. The van der Waals surface area contributed by atoms with Crippen molar-refractivity contribution in [2.24, 2.45) is 11.8 Å². The summed E-state index contributed by atoms with van der Waals surface area (Å²) in [7, 11) is 0. The SMILES string of the molecule is CCCCCC1CCC(CCF)CC1.Cc1c(F)cc(F)cc1F. The van der Waals surface area contributed by atoms with E-state index in [1.807, 2.05) is 0 Å². The van der Waals surface area contributed by atoms with Gasteiger partial charge in [0.2, 0.25) is 0 Å². The van der Waals surface area contributed by atoms with Gasteiger partial charge in [0.15, 0.2) is 0 Å². The molecule has 0 amide bonds. The molecule has 4 heteroatoms. The van der Waals surface area contributed by atoms with Crippen molar-refractivity contribution >= 4 is 0 Å². The topological polar surface area (TPSA) is 0 Å². The second kappa shape index (κ2) is 11.5. The van der Waals surface area contributed by atoms with Crippen LogP contribution in [0, 0.1) is 36.2 Å². The number of halogens is 4. The van der Waals surface area contributed by atoms with Crippen molar-refractivity contribution in [3.63, 3.8) is 0 Å². The Balaban J connectivity index is 0.000000254. The lowest BCUT2D eigenvalue weighted by atomic mass is 9.79. The third-order valence-corrected chi connectivity index (χ3v) is 4.95. The average molecular weight is 346 g/mol. The predicted octanol–water partition coefficient (Wildman–Crippen LogP) is 7.15. The molecule has 0 aliphatic heterocycles. The van der Waals surface area contributed by atoms with Crippen LogP contribution >= 0.6 is 0 Å². The van der Waals surface area contributed by atoms with Crippen LogP contribution in [0.3, 0.4) is 0 Å². The fraction of sp³-hybridized carbons (Fsp3) is 0.700. The lowest BCUT2D eigenvalue weighted by molar-refractivity contribution is 0.235. The van der Waals surface area contributed by atoms with Crippen molar-refractivity contribution in [2.45, 2.75) is 71.6 Å². The zero-order chi connectivity index (χ0) is 17.9. The molecule has 24 heavy (non-hydrogen) atoms. The van der Waals surface area contributed by atoms with E-state index in [-0.39, 0.29) is 12.2 Å². The third-order valence-electron chi connectivity index (χ3n) is 4.95. The molecule has 1 aliphatic carbocycles. The van der Waals surface area contributed by atoms with Gasteiger partial charge in [-0.2, -0.15) is 0 Å². The number of hydrogen-bond donors (Lipinski definition) is 0. The largest absolute Gasteiger partial charge is 0.251 e. The average Bonchev–Trinajstić information content (AvgIpc) is 2.55. The Kier molecular flexibility index (Phi) is 10.0. The first kappa shape index (κ1) is 21.0. The van der Waals surface area contributed by atoms with Gasteiger partial charge in [0, 0.05) is 17.7 Å². The number of unbranched alkanes of at least 4 members (excludes halogenated alkanes) is 2. The minimum absolute atomic E-state index is 0.106. The lowest BCUT2D eigenvalue weighted by Gasteiger charge is -2.27. The summed E-state index contributed by atoms with van der Waals surface area (Å²) >= 11 is 0. The Labute approximate surface area is 143 Å². The molecule has 2 rings (SSSR count). The maximum absolute atomic E-state index is 12.4. The molecular weight excluding hydrogens is 316 g/mol.